The van der Waals surface area contributed by atoms with Crippen molar-refractivity contribution in [2.24, 2.45) is 11.3 Å². The molecule has 1 atom stereocenters. The summed E-state index contributed by atoms with van der Waals surface area (Å²) in [4.78, 5) is 17.1. The second-order valence-corrected chi connectivity index (χ2v) is 5.65. The molecule has 0 aliphatic carbocycles. The molecular formula is C12H24N2O2. The summed E-state index contributed by atoms with van der Waals surface area (Å²) >= 11 is 0. The van der Waals surface area contributed by atoms with Crippen molar-refractivity contribution in [1.29, 1.82) is 0 Å². The lowest BCUT2D eigenvalue weighted by molar-refractivity contribution is -0.140. The van der Waals surface area contributed by atoms with Crippen LogP contribution < -0.4 is 10.8 Å². The van der Waals surface area contributed by atoms with Crippen LogP contribution in [-0.4, -0.2) is 25.1 Å². The van der Waals surface area contributed by atoms with E-state index in [1.165, 1.54) is 0 Å². The molecule has 0 radical (unpaired) electrons. The van der Waals surface area contributed by atoms with Gasteiger partial charge >= 0.3 is 0 Å². The summed E-state index contributed by atoms with van der Waals surface area (Å²) < 4.78 is 0. The van der Waals surface area contributed by atoms with Crippen LogP contribution >= 0.6 is 0 Å². The van der Waals surface area contributed by atoms with Gasteiger partial charge in [-0.1, -0.05) is 27.7 Å². The predicted molar refractivity (Wildman–Crippen MR) is 63.7 cm³/mol. The quantitative estimate of drug-likeness (QED) is 0.716. The standard InChI is InChI=1S/C12H24N2O2/c1-9(2)8-16-14-11(15)10-12(3,4)6-5-7-13-10/h9-10,13H,5-8H2,1-4H3,(H,14,15). The summed E-state index contributed by atoms with van der Waals surface area (Å²) in [5.41, 5.74) is 2.54. The molecule has 1 saturated heterocycles. The molecular weight excluding hydrogens is 204 g/mol. The van der Waals surface area contributed by atoms with Crippen LogP contribution in [0.3, 0.4) is 0 Å². The number of hydroxylamine groups is 1. The first kappa shape index (κ1) is 13.5. The molecule has 0 spiro atoms. The van der Waals surface area contributed by atoms with Gasteiger partial charge in [0.2, 0.25) is 0 Å². The minimum absolute atomic E-state index is 0.00350. The summed E-state index contributed by atoms with van der Waals surface area (Å²) in [5.74, 6) is 0.373. The molecule has 1 rings (SSSR count). The molecule has 1 amide bonds. The summed E-state index contributed by atoms with van der Waals surface area (Å²) in [6, 6.07) is -0.145. The van der Waals surface area contributed by atoms with Gasteiger partial charge in [-0.15, -0.1) is 0 Å². The number of nitrogens with one attached hydrogen (secondary N) is 2. The fourth-order valence-corrected chi connectivity index (χ4v) is 2.00. The van der Waals surface area contributed by atoms with Crippen molar-refractivity contribution in [3.8, 4) is 0 Å². The van der Waals surface area contributed by atoms with Crippen molar-refractivity contribution in [3.05, 3.63) is 0 Å². The van der Waals surface area contributed by atoms with Crippen LogP contribution in [0.5, 0.6) is 0 Å². The third-order valence-electron chi connectivity index (χ3n) is 2.98. The van der Waals surface area contributed by atoms with Crippen LogP contribution in [-0.2, 0) is 9.63 Å². The SMILES string of the molecule is CC(C)CONC(=O)C1NCCCC1(C)C. The van der Waals surface area contributed by atoms with Gasteiger partial charge in [0.25, 0.3) is 5.91 Å². The Labute approximate surface area is 98.1 Å². The van der Waals surface area contributed by atoms with Crippen molar-refractivity contribution in [2.75, 3.05) is 13.2 Å². The number of rotatable bonds is 4. The van der Waals surface area contributed by atoms with Crippen molar-refractivity contribution in [2.45, 2.75) is 46.6 Å². The van der Waals surface area contributed by atoms with E-state index in [4.69, 9.17) is 4.84 Å². The second-order valence-electron chi connectivity index (χ2n) is 5.65. The van der Waals surface area contributed by atoms with E-state index in [9.17, 15) is 4.79 Å². The molecule has 0 bridgehead atoms. The van der Waals surface area contributed by atoms with Gasteiger partial charge in [0, 0.05) is 0 Å². The summed E-state index contributed by atoms with van der Waals surface area (Å²) in [7, 11) is 0. The van der Waals surface area contributed by atoms with Crippen LogP contribution in [0.2, 0.25) is 0 Å². The normalized spacial score (nSPS) is 24.4. The third kappa shape index (κ3) is 3.76. The Bertz CT molecular complexity index is 239. The van der Waals surface area contributed by atoms with Gasteiger partial charge in [0.15, 0.2) is 0 Å². The topological polar surface area (TPSA) is 50.4 Å². The molecule has 1 unspecified atom stereocenters. The first-order valence-corrected chi connectivity index (χ1v) is 6.08. The summed E-state index contributed by atoms with van der Waals surface area (Å²) in [6.07, 6.45) is 2.20. The van der Waals surface area contributed by atoms with E-state index < -0.39 is 0 Å². The maximum Gasteiger partial charge on any atom is 0.261 e. The number of piperidine rings is 1. The maximum absolute atomic E-state index is 11.9. The second kappa shape index (κ2) is 5.64. The van der Waals surface area contributed by atoms with Crippen LogP contribution in [0.15, 0.2) is 0 Å². The third-order valence-corrected chi connectivity index (χ3v) is 2.98. The zero-order valence-electron chi connectivity index (χ0n) is 10.8. The Morgan fingerprint density at radius 1 is 1.56 bits per heavy atom. The van der Waals surface area contributed by atoms with Crippen LogP contribution in [0.4, 0.5) is 0 Å². The first-order chi connectivity index (χ1) is 7.43. The number of carbonyl (C=O) groups excluding carboxylic acids is 1. The van der Waals surface area contributed by atoms with E-state index in [0.29, 0.717) is 12.5 Å². The molecule has 1 fully saturated rings. The summed E-state index contributed by atoms with van der Waals surface area (Å²) in [5, 5.41) is 3.26. The molecule has 4 heteroatoms. The van der Waals surface area contributed by atoms with E-state index >= 15 is 0 Å². The molecule has 0 aromatic rings. The van der Waals surface area contributed by atoms with Gasteiger partial charge in [-0.3, -0.25) is 9.63 Å². The van der Waals surface area contributed by atoms with E-state index in [0.717, 1.165) is 19.4 Å². The van der Waals surface area contributed by atoms with Crippen molar-refractivity contribution >= 4 is 5.91 Å². The minimum atomic E-state index is -0.145. The average molecular weight is 228 g/mol. The molecule has 94 valence electrons. The number of carbonyl (C=O) groups is 1. The Balaban J connectivity index is 2.40. The first-order valence-electron chi connectivity index (χ1n) is 6.08. The lowest BCUT2D eigenvalue weighted by Crippen LogP contribution is -2.55. The molecule has 0 aromatic heterocycles. The number of amides is 1. The maximum atomic E-state index is 11.9. The lowest BCUT2D eigenvalue weighted by atomic mass is 9.77. The fraction of sp³-hybridized carbons (Fsp3) is 0.917. The van der Waals surface area contributed by atoms with Gasteiger partial charge < -0.3 is 5.32 Å². The highest BCUT2D eigenvalue weighted by atomic mass is 16.7. The monoisotopic (exact) mass is 228 g/mol. The molecule has 1 aliphatic rings. The van der Waals surface area contributed by atoms with E-state index in [1.807, 2.05) is 0 Å². The van der Waals surface area contributed by atoms with Gasteiger partial charge in [-0.05, 0) is 30.7 Å². The molecule has 1 heterocycles. The van der Waals surface area contributed by atoms with Gasteiger partial charge in [-0.2, -0.15) is 0 Å². The van der Waals surface area contributed by atoms with Crippen LogP contribution in [0, 0.1) is 11.3 Å². The molecule has 0 saturated carbocycles. The molecule has 0 aromatic carbocycles. The Morgan fingerprint density at radius 3 is 2.81 bits per heavy atom. The van der Waals surface area contributed by atoms with Crippen LogP contribution in [0.25, 0.3) is 0 Å². The highest BCUT2D eigenvalue weighted by Crippen LogP contribution is 2.29. The van der Waals surface area contributed by atoms with Gasteiger partial charge in [0.1, 0.15) is 0 Å². The van der Waals surface area contributed by atoms with E-state index in [-0.39, 0.29) is 17.4 Å². The number of hydrogen-bond donors (Lipinski definition) is 2. The van der Waals surface area contributed by atoms with Gasteiger partial charge in [-0.25, -0.2) is 5.48 Å². The minimum Gasteiger partial charge on any atom is -0.305 e. The van der Waals surface area contributed by atoms with Gasteiger partial charge in [0.05, 0.1) is 12.6 Å². The predicted octanol–water partition coefficient (Wildman–Crippen LogP) is 1.47. The Kier molecular flexibility index (Phi) is 4.74. The lowest BCUT2D eigenvalue weighted by Gasteiger charge is -2.37. The largest absolute Gasteiger partial charge is 0.305 e. The molecule has 16 heavy (non-hydrogen) atoms. The molecule has 1 aliphatic heterocycles. The fourth-order valence-electron chi connectivity index (χ4n) is 2.00. The Morgan fingerprint density at radius 2 is 2.25 bits per heavy atom. The molecule has 2 N–H and O–H groups in total. The van der Waals surface area contributed by atoms with Crippen LogP contribution in [0.1, 0.15) is 40.5 Å². The zero-order valence-corrected chi connectivity index (χ0v) is 10.8. The van der Waals surface area contributed by atoms with Crippen molar-refractivity contribution < 1.29 is 9.63 Å². The Hall–Kier alpha value is -0.610. The van der Waals surface area contributed by atoms with Crippen molar-refractivity contribution in [1.82, 2.24) is 10.8 Å². The van der Waals surface area contributed by atoms with E-state index in [2.05, 4.69) is 38.5 Å². The highest BCUT2D eigenvalue weighted by Gasteiger charge is 2.37. The van der Waals surface area contributed by atoms with Crippen molar-refractivity contribution in [3.63, 3.8) is 0 Å². The number of hydrogen-bond acceptors (Lipinski definition) is 3. The highest BCUT2D eigenvalue weighted by molar-refractivity contribution is 5.81. The summed E-state index contributed by atoms with van der Waals surface area (Å²) in [6.45, 7) is 9.80. The smallest absolute Gasteiger partial charge is 0.261 e. The average Bonchev–Trinajstić information content (AvgIpc) is 2.16. The molecule has 4 nitrogen and oxygen atoms in total. The zero-order chi connectivity index (χ0) is 12.2. The van der Waals surface area contributed by atoms with E-state index in [1.54, 1.807) is 0 Å².